The van der Waals surface area contributed by atoms with Gasteiger partial charge < -0.3 is 15.1 Å². The Morgan fingerprint density at radius 2 is 1.67 bits per heavy atom. The van der Waals surface area contributed by atoms with Crippen molar-refractivity contribution in [3.63, 3.8) is 0 Å². The van der Waals surface area contributed by atoms with Crippen LogP contribution in [-0.2, 0) is 11.2 Å². The van der Waals surface area contributed by atoms with Gasteiger partial charge >= 0.3 is 6.03 Å². The Morgan fingerprint density at radius 1 is 1.03 bits per heavy atom. The molecule has 0 radical (unpaired) electrons. The maximum absolute atomic E-state index is 13.9. The number of rotatable bonds is 1. The molecule has 1 atom stereocenters. The molecule has 2 aliphatic heterocycles. The van der Waals surface area contributed by atoms with E-state index in [0.717, 1.165) is 21.6 Å². The third-order valence-electron chi connectivity index (χ3n) is 5.42. The van der Waals surface area contributed by atoms with Crippen molar-refractivity contribution in [1.82, 2.24) is 9.80 Å². The maximum Gasteiger partial charge on any atom is 0.322 e. The Morgan fingerprint density at radius 3 is 2.33 bits per heavy atom. The number of hydrogen-bond acceptors (Lipinski definition) is 2. The Labute approximate surface area is 168 Å². The second kappa shape index (κ2) is 7.26. The summed E-state index contributed by atoms with van der Waals surface area (Å²) in [4.78, 5) is 27.7. The molecule has 1 saturated heterocycles. The highest BCUT2D eigenvalue weighted by atomic mass is 19.2. The average molecular weight is 425 g/mol. The van der Waals surface area contributed by atoms with Gasteiger partial charge in [-0.05, 0) is 24.5 Å². The first kappa shape index (κ1) is 20.1. The number of nitrogens with zero attached hydrogens (tertiary/aromatic N) is 2. The first-order valence-electron chi connectivity index (χ1n) is 9.15. The normalized spacial score (nSPS) is 18.2. The minimum atomic E-state index is -2.32. The molecule has 2 aliphatic rings. The summed E-state index contributed by atoms with van der Waals surface area (Å²) in [6.07, 6.45) is 0.663. The van der Waals surface area contributed by atoms with Crippen LogP contribution in [0.2, 0.25) is 0 Å². The molecule has 1 unspecified atom stereocenters. The molecule has 5 nitrogen and oxygen atoms in total. The molecule has 2 aromatic rings. The summed E-state index contributed by atoms with van der Waals surface area (Å²) in [5.74, 6) is -11.3. The molecule has 1 fully saturated rings. The van der Waals surface area contributed by atoms with Gasteiger partial charge in [0.2, 0.25) is 11.7 Å². The smallest absolute Gasteiger partial charge is 0.322 e. The van der Waals surface area contributed by atoms with Crippen molar-refractivity contribution in [2.45, 2.75) is 19.4 Å². The number of hydrogen-bond donors (Lipinski definition) is 1. The summed E-state index contributed by atoms with van der Waals surface area (Å²) in [6.45, 7) is 2.04. The van der Waals surface area contributed by atoms with E-state index < -0.39 is 46.8 Å². The van der Waals surface area contributed by atoms with Gasteiger partial charge in [-0.15, -0.1) is 0 Å². The number of benzene rings is 2. The van der Waals surface area contributed by atoms with Crippen molar-refractivity contribution in [2.24, 2.45) is 0 Å². The molecular weight excluding hydrogens is 409 g/mol. The van der Waals surface area contributed by atoms with E-state index in [2.05, 4.69) is 0 Å². The molecule has 0 spiro atoms. The Kier molecular flexibility index (Phi) is 4.87. The van der Waals surface area contributed by atoms with Crippen molar-refractivity contribution >= 4 is 17.6 Å². The number of anilines is 1. The van der Waals surface area contributed by atoms with Gasteiger partial charge in [0.25, 0.3) is 0 Å². The summed E-state index contributed by atoms with van der Waals surface area (Å²) in [6, 6.07) is 4.13. The van der Waals surface area contributed by atoms with E-state index in [-0.39, 0.29) is 19.0 Å². The zero-order valence-electron chi connectivity index (χ0n) is 15.7. The van der Waals surface area contributed by atoms with Crippen LogP contribution in [0.1, 0.15) is 22.7 Å². The topological polar surface area (TPSA) is 52.7 Å². The molecule has 2 aromatic carbocycles. The van der Waals surface area contributed by atoms with E-state index >= 15 is 0 Å². The number of nitrogens with one attached hydrogen (secondary N) is 1. The molecule has 0 aliphatic carbocycles. The number of amides is 3. The monoisotopic (exact) mass is 425 g/mol. The van der Waals surface area contributed by atoms with Gasteiger partial charge in [-0.3, -0.25) is 4.79 Å². The average Bonchev–Trinajstić information content (AvgIpc) is 2.73. The third-order valence-corrected chi connectivity index (χ3v) is 5.42. The fraction of sp³-hybridized carbons (Fsp3) is 0.300. The number of carbonyl (C=O) groups is 2. The Balaban J connectivity index is 1.61. The van der Waals surface area contributed by atoms with Crippen molar-refractivity contribution in [3.8, 4) is 0 Å². The molecule has 10 heteroatoms. The third kappa shape index (κ3) is 3.16. The van der Waals surface area contributed by atoms with Crippen molar-refractivity contribution in [3.05, 3.63) is 64.0 Å². The van der Waals surface area contributed by atoms with Gasteiger partial charge in [-0.2, -0.15) is 0 Å². The zero-order chi connectivity index (χ0) is 21.7. The first-order valence-corrected chi connectivity index (χ1v) is 9.15. The SMILES string of the molecule is Cc1ccc2c(c1)CCN1C(=O)CN(C(=O)Nc3c(F)c(F)c(F)c(F)c3F)CC21. The number of piperazine rings is 1. The van der Waals surface area contributed by atoms with Gasteiger partial charge in [0, 0.05) is 13.1 Å². The van der Waals surface area contributed by atoms with Crippen molar-refractivity contribution in [2.75, 3.05) is 25.0 Å². The van der Waals surface area contributed by atoms with Crippen LogP contribution in [0.15, 0.2) is 18.2 Å². The van der Waals surface area contributed by atoms with E-state index in [1.807, 2.05) is 25.1 Å². The number of urea groups is 1. The molecule has 2 heterocycles. The van der Waals surface area contributed by atoms with Gasteiger partial charge in [-0.25, -0.2) is 26.7 Å². The van der Waals surface area contributed by atoms with Crippen molar-refractivity contribution < 1.29 is 31.5 Å². The lowest BCUT2D eigenvalue weighted by molar-refractivity contribution is -0.139. The molecule has 0 bridgehead atoms. The second-order valence-electron chi connectivity index (χ2n) is 7.31. The molecule has 3 amide bonds. The van der Waals surface area contributed by atoms with Gasteiger partial charge in [0.15, 0.2) is 23.3 Å². The highest BCUT2D eigenvalue weighted by Crippen LogP contribution is 2.34. The van der Waals surface area contributed by atoms with E-state index in [0.29, 0.717) is 13.0 Å². The van der Waals surface area contributed by atoms with Crippen LogP contribution in [0.4, 0.5) is 32.4 Å². The molecule has 158 valence electrons. The van der Waals surface area contributed by atoms with Crippen LogP contribution >= 0.6 is 0 Å². The van der Waals surface area contributed by atoms with E-state index in [1.54, 1.807) is 10.2 Å². The lowest BCUT2D eigenvalue weighted by Gasteiger charge is -2.44. The number of halogens is 5. The highest BCUT2D eigenvalue weighted by molar-refractivity contribution is 5.93. The lowest BCUT2D eigenvalue weighted by atomic mass is 9.89. The van der Waals surface area contributed by atoms with Gasteiger partial charge in [0.05, 0.1) is 6.04 Å². The van der Waals surface area contributed by atoms with Crippen LogP contribution in [0.3, 0.4) is 0 Å². The van der Waals surface area contributed by atoms with E-state index in [9.17, 15) is 31.5 Å². The molecule has 0 aromatic heterocycles. The fourth-order valence-electron chi connectivity index (χ4n) is 3.92. The standard InChI is InChI=1S/C20H16F5N3O2/c1-9-2-3-11-10(6-9)4-5-28-12(11)7-27(8-13(28)29)20(30)26-19-17(24)15(22)14(21)16(23)18(19)25/h2-3,6,12H,4-5,7-8H2,1H3,(H,26,30). The minimum absolute atomic E-state index is 0.0169. The van der Waals surface area contributed by atoms with Crippen LogP contribution in [0, 0.1) is 36.0 Å². The number of carbonyl (C=O) groups excluding carboxylic acids is 2. The molecule has 1 N–H and O–H groups in total. The van der Waals surface area contributed by atoms with Crippen LogP contribution in [0.25, 0.3) is 0 Å². The second-order valence-corrected chi connectivity index (χ2v) is 7.31. The quantitative estimate of drug-likeness (QED) is 0.431. The largest absolute Gasteiger partial charge is 0.332 e. The minimum Gasteiger partial charge on any atom is -0.332 e. The van der Waals surface area contributed by atoms with E-state index in [4.69, 9.17) is 0 Å². The molecule has 4 rings (SSSR count). The summed E-state index contributed by atoms with van der Waals surface area (Å²) >= 11 is 0. The van der Waals surface area contributed by atoms with Crippen LogP contribution < -0.4 is 5.32 Å². The number of aryl methyl sites for hydroxylation is 1. The first-order chi connectivity index (χ1) is 14.2. The van der Waals surface area contributed by atoms with Crippen molar-refractivity contribution in [1.29, 1.82) is 0 Å². The van der Waals surface area contributed by atoms with Crippen LogP contribution in [0.5, 0.6) is 0 Å². The Hall–Kier alpha value is -3.17. The summed E-state index contributed by atoms with van der Waals surface area (Å²) < 4.78 is 67.7. The Bertz CT molecular complexity index is 1050. The van der Waals surface area contributed by atoms with Gasteiger partial charge in [-0.1, -0.05) is 23.8 Å². The predicted molar refractivity (Wildman–Crippen MR) is 96.2 cm³/mol. The van der Waals surface area contributed by atoms with E-state index in [1.165, 1.54) is 0 Å². The number of fused-ring (bicyclic) bond motifs is 3. The molecule has 30 heavy (non-hydrogen) atoms. The lowest BCUT2D eigenvalue weighted by Crippen LogP contribution is -2.56. The van der Waals surface area contributed by atoms with Crippen LogP contribution in [-0.4, -0.2) is 41.4 Å². The molecular formula is C20H16F5N3O2. The highest BCUT2D eigenvalue weighted by Gasteiger charge is 2.39. The fourth-order valence-corrected chi connectivity index (χ4v) is 3.92. The zero-order valence-corrected chi connectivity index (χ0v) is 15.7. The summed E-state index contributed by atoms with van der Waals surface area (Å²) in [5.41, 5.74) is 1.48. The predicted octanol–water partition coefficient (Wildman–Crippen LogP) is 3.66. The molecule has 0 saturated carbocycles. The van der Waals surface area contributed by atoms with Gasteiger partial charge in [0.1, 0.15) is 12.2 Å². The summed E-state index contributed by atoms with van der Waals surface area (Å²) in [5, 5.41) is 1.73. The maximum atomic E-state index is 13.9. The summed E-state index contributed by atoms with van der Waals surface area (Å²) in [7, 11) is 0.